The minimum absolute atomic E-state index is 0.0319. The molecule has 0 amide bonds. The summed E-state index contributed by atoms with van der Waals surface area (Å²) in [5, 5.41) is 0. The van der Waals surface area contributed by atoms with Crippen LogP contribution >= 0.6 is 0 Å². The molecule has 0 unspecified atom stereocenters. The van der Waals surface area contributed by atoms with Crippen molar-refractivity contribution in [3.63, 3.8) is 0 Å². The Hall–Kier alpha value is -1.57. The maximum absolute atomic E-state index is 11.1. The van der Waals surface area contributed by atoms with Gasteiger partial charge in [0, 0.05) is 13.1 Å². The summed E-state index contributed by atoms with van der Waals surface area (Å²) in [6.07, 6.45) is 3.36. The zero-order valence-electron chi connectivity index (χ0n) is 7.08. The number of nitrogens with zero attached hydrogens (tertiary/aromatic N) is 1. The van der Waals surface area contributed by atoms with Crippen molar-refractivity contribution in [2.45, 2.75) is 0 Å². The number of hydrogen-bond acceptors (Lipinski definition) is 1. The molecule has 0 aromatic carbocycles. The Kier molecular flexibility index (Phi) is 2.29. The summed E-state index contributed by atoms with van der Waals surface area (Å²) in [5.74, 6) is 0. The molecule has 0 aliphatic carbocycles. The molecular weight excluding hydrogens is 150 g/mol. The van der Waals surface area contributed by atoms with Gasteiger partial charge in [-0.2, -0.15) is 0 Å². The highest BCUT2D eigenvalue weighted by molar-refractivity contribution is 5.60. The minimum Gasteiger partial charge on any atom is -0.311 e. The van der Waals surface area contributed by atoms with Gasteiger partial charge in [-0.1, -0.05) is 19.2 Å². The molecule has 0 atom stereocenters. The number of pyridine rings is 1. The van der Waals surface area contributed by atoms with E-state index in [0.29, 0.717) is 0 Å². The molecule has 2 nitrogen and oxygen atoms in total. The topological polar surface area (TPSA) is 22.0 Å². The van der Waals surface area contributed by atoms with E-state index >= 15 is 0 Å². The van der Waals surface area contributed by atoms with Gasteiger partial charge in [-0.05, 0) is 17.7 Å². The SMILES string of the molecule is C=Cc1ccc(=O)n(C)c1C=C. The summed E-state index contributed by atoms with van der Waals surface area (Å²) < 4.78 is 1.55. The smallest absolute Gasteiger partial charge is 0.250 e. The third-order valence-corrected chi connectivity index (χ3v) is 1.81. The number of rotatable bonds is 2. The van der Waals surface area contributed by atoms with E-state index in [1.165, 1.54) is 6.07 Å². The summed E-state index contributed by atoms with van der Waals surface area (Å²) in [5.41, 5.74) is 1.69. The second kappa shape index (κ2) is 3.22. The van der Waals surface area contributed by atoms with Crippen molar-refractivity contribution < 1.29 is 0 Å². The molecule has 0 saturated carbocycles. The highest BCUT2D eigenvalue weighted by Crippen LogP contribution is 2.07. The van der Waals surface area contributed by atoms with E-state index in [-0.39, 0.29) is 5.56 Å². The standard InChI is InChI=1S/C10H11NO/c1-4-8-6-7-10(12)11(3)9(8)5-2/h4-7H,1-2H2,3H3. The van der Waals surface area contributed by atoms with E-state index < -0.39 is 0 Å². The van der Waals surface area contributed by atoms with Crippen LogP contribution in [0.4, 0.5) is 0 Å². The quantitative estimate of drug-likeness (QED) is 0.646. The van der Waals surface area contributed by atoms with Crippen LogP contribution in [0.15, 0.2) is 30.1 Å². The predicted molar refractivity (Wildman–Crippen MR) is 51.9 cm³/mol. The van der Waals surface area contributed by atoms with Crippen LogP contribution in [0.25, 0.3) is 12.2 Å². The van der Waals surface area contributed by atoms with Crippen molar-refractivity contribution in [3.8, 4) is 0 Å². The monoisotopic (exact) mass is 161 g/mol. The average Bonchev–Trinajstić information content (AvgIpc) is 2.09. The summed E-state index contributed by atoms with van der Waals surface area (Å²) in [4.78, 5) is 11.1. The Morgan fingerprint density at radius 2 is 2.00 bits per heavy atom. The molecule has 1 rings (SSSR count). The molecule has 1 aromatic heterocycles. The second-order valence-electron chi connectivity index (χ2n) is 2.48. The van der Waals surface area contributed by atoms with Gasteiger partial charge < -0.3 is 4.57 Å². The van der Waals surface area contributed by atoms with Crippen LogP contribution < -0.4 is 5.56 Å². The fourth-order valence-electron chi connectivity index (χ4n) is 1.10. The molecule has 0 spiro atoms. The zero-order valence-corrected chi connectivity index (χ0v) is 7.08. The average molecular weight is 161 g/mol. The van der Waals surface area contributed by atoms with Crippen molar-refractivity contribution in [1.29, 1.82) is 0 Å². The summed E-state index contributed by atoms with van der Waals surface area (Å²) in [6, 6.07) is 3.26. The van der Waals surface area contributed by atoms with Crippen LogP contribution in [0, 0.1) is 0 Å². The van der Waals surface area contributed by atoms with Gasteiger partial charge in [-0.15, -0.1) is 0 Å². The fraction of sp³-hybridized carbons (Fsp3) is 0.100. The lowest BCUT2D eigenvalue weighted by atomic mass is 10.2. The van der Waals surface area contributed by atoms with Crippen molar-refractivity contribution in [2.24, 2.45) is 7.05 Å². The van der Waals surface area contributed by atoms with Crippen molar-refractivity contribution >= 4 is 12.2 Å². The third-order valence-electron chi connectivity index (χ3n) is 1.81. The largest absolute Gasteiger partial charge is 0.311 e. The predicted octanol–water partition coefficient (Wildman–Crippen LogP) is 1.67. The summed E-state index contributed by atoms with van der Waals surface area (Å²) in [7, 11) is 1.71. The Balaban J connectivity index is 3.56. The van der Waals surface area contributed by atoms with Gasteiger partial charge in [0.15, 0.2) is 0 Å². The fourth-order valence-corrected chi connectivity index (χ4v) is 1.10. The van der Waals surface area contributed by atoms with E-state index in [4.69, 9.17) is 0 Å². The molecule has 0 bridgehead atoms. The number of hydrogen-bond donors (Lipinski definition) is 0. The first kappa shape index (κ1) is 8.53. The van der Waals surface area contributed by atoms with Crippen molar-refractivity contribution in [2.75, 3.05) is 0 Å². The lowest BCUT2D eigenvalue weighted by Crippen LogP contribution is -2.18. The van der Waals surface area contributed by atoms with Crippen LogP contribution in [-0.2, 0) is 7.05 Å². The van der Waals surface area contributed by atoms with Gasteiger partial charge in [-0.3, -0.25) is 4.79 Å². The van der Waals surface area contributed by atoms with E-state index in [0.717, 1.165) is 11.3 Å². The summed E-state index contributed by atoms with van der Waals surface area (Å²) >= 11 is 0. The molecule has 0 radical (unpaired) electrons. The molecule has 12 heavy (non-hydrogen) atoms. The third kappa shape index (κ3) is 1.23. The normalized spacial score (nSPS) is 9.42. The lowest BCUT2D eigenvalue weighted by Gasteiger charge is -2.05. The Labute approximate surface area is 71.5 Å². The summed E-state index contributed by atoms with van der Waals surface area (Å²) in [6.45, 7) is 7.28. The first-order valence-corrected chi connectivity index (χ1v) is 3.65. The Morgan fingerprint density at radius 3 is 2.50 bits per heavy atom. The Morgan fingerprint density at radius 1 is 1.33 bits per heavy atom. The molecule has 0 saturated heterocycles. The molecular formula is C10H11NO. The minimum atomic E-state index is -0.0319. The van der Waals surface area contributed by atoms with Gasteiger partial charge >= 0.3 is 0 Å². The van der Waals surface area contributed by atoms with Gasteiger partial charge in [-0.25, -0.2) is 0 Å². The highest BCUT2D eigenvalue weighted by Gasteiger charge is 1.99. The van der Waals surface area contributed by atoms with Crippen LogP contribution in [0.2, 0.25) is 0 Å². The van der Waals surface area contributed by atoms with Gasteiger partial charge in [0.25, 0.3) is 5.56 Å². The van der Waals surface area contributed by atoms with E-state index in [1.807, 2.05) is 0 Å². The first-order valence-electron chi connectivity index (χ1n) is 3.65. The van der Waals surface area contributed by atoms with E-state index in [9.17, 15) is 4.79 Å². The maximum Gasteiger partial charge on any atom is 0.250 e. The molecule has 1 aromatic rings. The van der Waals surface area contributed by atoms with Crippen LogP contribution in [0.1, 0.15) is 11.3 Å². The van der Waals surface area contributed by atoms with Crippen LogP contribution in [-0.4, -0.2) is 4.57 Å². The highest BCUT2D eigenvalue weighted by atomic mass is 16.1. The van der Waals surface area contributed by atoms with Crippen LogP contribution in [0.5, 0.6) is 0 Å². The van der Waals surface area contributed by atoms with E-state index in [1.54, 1.807) is 29.8 Å². The molecule has 1 heterocycles. The lowest BCUT2D eigenvalue weighted by molar-refractivity contribution is 0.846. The van der Waals surface area contributed by atoms with E-state index in [2.05, 4.69) is 13.2 Å². The van der Waals surface area contributed by atoms with Crippen molar-refractivity contribution in [3.05, 3.63) is 46.9 Å². The van der Waals surface area contributed by atoms with Gasteiger partial charge in [0.05, 0.1) is 5.69 Å². The van der Waals surface area contributed by atoms with Gasteiger partial charge in [0.2, 0.25) is 0 Å². The molecule has 2 heteroatoms. The van der Waals surface area contributed by atoms with Gasteiger partial charge in [0.1, 0.15) is 0 Å². The zero-order chi connectivity index (χ0) is 9.14. The molecule has 0 fully saturated rings. The maximum atomic E-state index is 11.1. The molecule has 0 aliphatic heterocycles. The molecule has 0 N–H and O–H groups in total. The van der Waals surface area contributed by atoms with Crippen molar-refractivity contribution in [1.82, 2.24) is 4.57 Å². The Bertz CT molecular complexity index is 374. The molecule has 0 aliphatic rings. The second-order valence-corrected chi connectivity index (χ2v) is 2.48. The van der Waals surface area contributed by atoms with Crippen LogP contribution in [0.3, 0.4) is 0 Å². The first-order chi connectivity index (χ1) is 5.70. The molecule has 62 valence electrons. The number of aromatic nitrogens is 1.